The van der Waals surface area contributed by atoms with E-state index >= 15 is 0 Å². The van der Waals surface area contributed by atoms with E-state index in [0.717, 1.165) is 37.3 Å². The van der Waals surface area contributed by atoms with Gasteiger partial charge in [0.05, 0.1) is 6.20 Å². The molecular formula is C19H21N5O2. The van der Waals surface area contributed by atoms with Crippen LogP contribution in [-0.2, 0) is 6.54 Å². The summed E-state index contributed by atoms with van der Waals surface area (Å²) in [5, 5.41) is 8.30. The Balaban J connectivity index is 1.49. The Morgan fingerprint density at radius 1 is 1.31 bits per heavy atom. The van der Waals surface area contributed by atoms with Gasteiger partial charge in [-0.15, -0.1) is 10.2 Å². The lowest BCUT2D eigenvalue weighted by atomic mass is 9.96. The van der Waals surface area contributed by atoms with Crippen molar-refractivity contribution in [2.45, 2.75) is 32.2 Å². The summed E-state index contributed by atoms with van der Waals surface area (Å²) in [6.07, 6.45) is 6.83. The Morgan fingerprint density at radius 2 is 2.15 bits per heavy atom. The molecule has 1 fully saturated rings. The minimum Gasteiger partial charge on any atom is -0.444 e. The largest absolute Gasteiger partial charge is 0.444 e. The highest BCUT2D eigenvalue weighted by Gasteiger charge is 2.28. The molecule has 0 radical (unpaired) electrons. The molecular weight excluding hydrogens is 330 g/mol. The number of benzene rings is 1. The number of likely N-dealkylation sites (tertiary alicyclic amines) is 1. The summed E-state index contributed by atoms with van der Waals surface area (Å²) < 4.78 is 7.35. The molecule has 1 aliphatic heterocycles. The van der Waals surface area contributed by atoms with Gasteiger partial charge in [0.1, 0.15) is 12.2 Å². The van der Waals surface area contributed by atoms with Gasteiger partial charge < -0.3 is 13.9 Å². The van der Waals surface area contributed by atoms with Crippen LogP contribution >= 0.6 is 0 Å². The molecule has 0 N–H and O–H groups in total. The Kier molecular flexibility index (Phi) is 4.51. The van der Waals surface area contributed by atoms with Crippen molar-refractivity contribution in [2.75, 3.05) is 13.1 Å². The summed E-state index contributed by atoms with van der Waals surface area (Å²) in [5.41, 5.74) is 1.59. The van der Waals surface area contributed by atoms with Gasteiger partial charge in [-0.05, 0) is 31.9 Å². The number of hydrogen-bond acceptors (Lipinski definition) is 5. The monoisotopic (exact) mass is 351 g/mol. The van der Waals surface area contributed by atoms with E-state index in [-0.39, 0.29) is 11.8 Å². The van der Waals surface area contributed by atoms with Crippen molar-refractivity contribution < 1.29 is 9.21 Å². The zero-order chi connectivity index (χ0) is 17.9. The van der Waals surface area contributed by atoms with E-state index in [9.17, 15) is 4.79 Å². The van der Waals surface area contributed by atoms with Crippen LogP contribution in [0.1, 0.15) is 41.9 Å². The third-order valence-corrected chi connectivity index (χ3v) is 4.91. The van der Waals surface area contributed by atoms with Crippen LogP contribution in [0.15, 0.2) is 47.6 Å². The predicted molar refractivity (Wildman–Crippen MR) is 95.5 cm³/mol. The number of aromatic nitrogens is 4. The summed E-state index contributed by atoms with van der Waals surface area (Å²) in [5.74, 6) is 1.97. The van der Waals surface area contributed by atoms with Crippen molar-refractivity contribution in [3.63, 3.8) is 0 Å². The number of rotatable bonds is 4. The van der Waals surface area contributed by atoms with E-state index in [1.54, 1.807) is 12.5 Å². The van der Waals surface area contributed by atoms with Crippen molar-refractivity contribution in [1.29, 1.82) is 0 Å². The maximum absolute atomic E-state index is 12.9. The molecule has 26 heavy (non-hydrogen) atoms. The third kappa shape index (κ3) is 3.12. The summed E-state index contributed by atoms with van der Waals surface area (Å²) in [6, 6.07) is 7.47. The van der Waals surface area contributed by atoms with E-state index < -0.39 is 0 Å². The minimum atomic E-state index is 0.0568. The Hall–Kier alpha value is -2.96. The lowest BCUT2D eigenvalue weighted by Gasteiger charge is -2.32. The quantitative estimate of drug-likeness (QED) is 0.722. The normalized spacial score (nSPS) is 17.4. The molecule has 0 bridgehead atoms. The smallest absolute Gasteiger partial charge is 0.253 e. The molecule has 3 aromatic rings. The number of carbonyl (C=O) groups excluding carboxylic acids is 1. The highest BCUT2D eigenvalue weighted by molar-refractivity contribution is 5.94. The van der Waals surface area contributed by atoms with Gasteiger partial charge in [0.2, 0.25) is 0 Å². The van der Waals surface area contributed by atoms with Crippen molar-refractivity contribution in [1.82, 2.24) is 24.6 Å². The van der Waals surface area contributed by atoms with E-state index in [4.69, 9.17) is 4.42 Å². The molecule has 1 amide bonds. The van der Waals surface area contributed by atoms with Crippen LogP contribution in [0.5, 0.6) is 0 Å². The van der Waals surface area contributed by atoms with Crippen LogP contribution in [0.4, 0.5) is 0 Å². The minimum absolute atomic E-state index is 0.0568. The fraction of sp³-hybridized carbons (Fsp3) is 0.368. The van der Waals surface area contributed by atoms with Crippen LogP contribution in [0.2, 0.25) is 0 Å². The highest BCUT2D eigenvalue weighted by atomic mass is 16.3. The molecule has 1 saturated heterocycles. The fourth-order valence-electron chi connectivity index (χ4n) is 3.51. The summed E-state index contributed by atoms with van der Waals surface area (Å²) in [6.45, 7) is 4.38. The lowest BCUT2D eigenvalue weighted by Crippen LogP contribution is -2.39. The highest BCUT2D eigenvalue weighted by Crippen LogP contribution is 2.27. The summed E-state index contributed by atoms with van der Waals surface area (Å²) in [4.78, 5) is 18.8. The average Bonchev–Trinajstić information content (AvgIpc) is 3.39. The maximum atomic E-state index is 12.9. The first-order valence-electron chi connectivity index (χ1n) is 8.92. The van der Waals surface area contributed by atoms with E-state index in [2.05, 4.69) is 26.7 Å². The standard InChI is InChI=1S/C19H21N5O2/c1-2-23-12-21-22-18(23)16-4-3-9-24(11-16)19(25)15-7-5-14(6-8-15)17-10-20-13-26-17/h5-8,10,12-13,16H,2-4,9,11H2,1H3. The molecule has 0 aliphatic carbocycles. The second-order valence-electron chi connectivity index (χ2n) is 6.51. The molecule has 134 valence electrons. The Labute approximate surface area is 151 Å². The molecule has 0 spiro atoms. The van der Waals surface area contributed by atoms with Crippen LogP contribution < -0.4 is 0 Å². The average molecular weight is 351 g/mol. The molecule has 0 saturated carbocycles. The zero-order valence-electron chi connectivity index (χ0n) is 14.7. The fourth-order valence-corrected chi connectivity index (χ4v) is 3.51. The molecule has 4 rings (SSSR count). The number of amides is 1. The van der Waals surface area contributed by atoms with Crippen molar-refractivity contribution in [3.8, 4) is 11.3 Å². The first kappa shape index (κ1) is 16.5. The number of oxazole rings is 1. The van der Waals surface area contributed by atoms with Gasteiger partial charge in [0.25, 0.3) is 5.91 Å². The molecule has 1 aliphatic rings. The van der Waals surface area contributed by atoms with Gasteiger partial charge in [0.15, 0.2) is 12.2 Å². The van der Waals surface area contributed by atoms with Crippen LogP contribution in [0.3, 0.4) is 0 Å². The Bertz CT molecular complexity index is 870. The SMILES string of the molecule is CCn1cnnc1C1CCCN(C(=O)c2ccc(-c3cnco3)cc2)C1. The van der Waals surface area contributed by atoms with Gasteiger partial charge in [-0.25, -0.2) is 4.98 Å². The molecule has 1 atom stereocenters. The molecule has 3 heterocycles. The van der Waals surface area contributed by atoms with Crippen molar-refractivity contribution >= 4 is 5.91 Å². The topological polar surface area (TPSA) is 77.1 Å². The van der Waals surface area contributed by atoms with Gasteiger partial charge in [-0.1, -0.05) is 12.1 Å². The summed E-state index contributed by atoms with van der Waals surface area (Å²) in [7, 11) is 0. The van der Waals surface area contributed by atoms with E-state index in [1.165, 1.54) is 6.39 Å². The second kappa shape index (κ2) is 7.11. The molecule has 1 aromatic carbocycles. The number of carbonyl (C=O) groups is 1. The van der Waals surface area contributed by atoms with Crippen LogP contribution in [0, 0.1) is 0 Å². The third-order valence-electron chi connectivity index (χ3n) is 4.91. The predicted octanol–water partition coefficient (Wildman–Crippen LogP) is 2.97. The van der Waals surface area contributed by atoms with Crippen LogP contribution in [0.25, 0.3) is 11.3 Å². The molecule has 7 nitrogen and oxygen atoms in total. The van der Waals surface area contributed by atoms with Gasteiger partial charge in [-0.3, -0.25) is 4.79 Å². The second-order valence-corrected chi connectivity index (χ2v) is 6.51. The number of piperidine rings is 1. The Morgan fingerprint density at radius 3 is 2.88 bits per heavy atom. The lowest BCUT2D eigenvalue weighted by molar-refractivity contribution is 0.0703. The van der Waals surface area contributed by atoms with Gasteiger partial charge in [-0.2, -0.15) is 0 Å². The zero-order valence-corrected chi connectivity index (χ0v) is 14.7. The first-order valence-corrected chi connectivity index (χ1v) is 8.92. The number of nitrogens with zero attached hydrogens (tertiary/aromatic N) is 5. The van der Waals surface area contributed by atoms with E-state index in [0.29, 0.717) is 17.9 Å². The van der Waals surface area contributed by atoms with E-state index in [1.807, 2.05) is 29.2 Å². The van der Waals surface area contributed by atoms with Gasteiger partial charge >= 0.3 is 0 Å². The number of hydrogen-bond donors (Lipinski definition) is 0. The van der Waals surface area contributed by atoms with Crippen molar-refractivity contribution in [2.24, 2.45) is 0 Å². The number of aryl methyl sites for hydroxylation is 1. The molecule has 1 unspecified atom stereocenters. The van der Waals surface area contributed by atoms with Gasteiger partial charge in [0, 0.05) is 36.7 Å². The molecule has 2 aromatic heterocycles. The summed E-state index contributed by atoms with van der Waals surface area (Å²) >= 11 is 0. The first-order chi connectivity index (χ1) is 12.8. The van der Waals surface area contributed by atoms with Crippen LogP contribution in [-0.4, -0.2) is 43.6 Å². The van der Waals surface area contributed by atoms with Crippen molar-refractivity contribution in [3.05, 3.63) is 54.6 Å². The molecule has 7 heteroatoms. The maximum Gasteiger partial charge on any atom is 0.253 e.